The Labute approximate surface area is 57.9 Å². The van der Waals surface area contributed by atoms with Crippen LogP contribution in [0.25, 0.3) is 0 Å². The van der Waals surface area contributed by atoms with E-state index in [9.17, 15) is 0 Å². The van der Waals surface area contributed by atoms with Crippen LogP contribution < -0.4 is 0 Å². The predicted octanol–water partition coefficient (Wildman–Crippen LogP) is 3.11. The second kappa shape index (κ2) is 15.8. The van der Waals surface area contributed by atoms with Gasteiger partial charge in [0, 0.05) is 0 Å². The van der Waals surface area contributed by atoms with Gasteiger partial charge >= 0.3 is 0 Å². The summed E-state index contributed by atoms with van der Waals surface area (Å²) in [5.74, 6) is 0. The molecule has 0 unspecified atom stereocenters. The van der Waals surface area contributed by atoms with E-state index in [1.807, 2.05) is 12.2 Å². The van der Waals surface area contributed by atoms with E-state index < -0.39 is 0 Å². The lowest BCUT2D eigenvalue weighted by Gasteiger charge is -1.64. The third kappa shape index (κ3) is 44.6. The van der Waals surface area contributed by atoms with Crippen LogP contribution in [0.2, 0.25) is 0 Å². The summed E-state index contributed by atoms with van der Waals surface area (Å²) in [6.07, 6.45) is 7.82. The Morgan fingerprint density at radius 2 is 1.11 bits per heavy atom. The SMILES string of the molecule is C=CC=C.C=CCC=C. The van der Waals surface area contributed by atoms with Gasteiger partial charge in [0.2, 0.25) is 0 Å². The van der Waals surface area contributed by atoms with Crippen molar-refractivity contribution in [2.24, 2.45) is 0 Å². The van der Waals surface area contributed by atoms with E-state index >= 15 is 0 Å². The molecule has 9 heavy (non-hydrogen) atoms. The van der Waals surface area contributed by atoms with Crippen molar-refractivity contribution in [2.45, 2.75) is 6.42 Å². The Hall–Kier alpha value is -1.04. The Kier molecular flexibility index (Phi) is 19.0. The maximum absolute atomic E-state index is 3.48. The molecule has 0 atom stereocenters. The van der Waals surface area contributed by atoms with Crippen LogP contribution >= 0.6 is 0 Å². The molecule has 0 aromatic rings. The lowest BCUT2D eigenvalue weighted by molar-refractivity contribution is 1.42. The molecule has 0 amide bonds. The van der Waals surface area contributed by atoms with Crippen molar-refractivity contribution in [1.29, 1.82) is 0 Å². The zero-order valence-electron chi connectivity index (χ0n) is 5.84. The summed E-state index contributed by atoms with van der Waals surface area (Å²) >= 11 is 0. The molecule has 0 N–H and O–H groups in total. The van der Waals surface area contributed by atoms with Gasteiger partial charge in [0.25, 0.3) is 0 Å². The monoisotopic (exact) mass is 122 g/mol. The Balaban J connectivity index is 0. The van der Waals surface area contributed by atoms with Crippen LogP contribution in [-0.4, -0.2) is 0 Å². The molecule has 0 aromatic heterocycles. The highest BCUT2D eigenvalue weighted by molar-refractivity contribution is 4.88. The normalized spacial score (nSPS) is 5.78. The Morgan fingerprint density at radius 1 is 0.778 bits per heavy atom. The van der Waals surface area contributed by atoms with Crippen LogP contribution in [-0.2, 0) is 0 Å². The molecule has 0 rings (SSSR count). The highest BCUT2D eigenvalue weighted by Crippen LogP contribution is 1.73. The zero-order chi connectivity index (χ0) is 7.54. The van der Waals surface area contributed by atoms with Crippen LogP contribution in [0.15, 0.2) is 50.6 Å². The Morgan fingerprint density at radius 3 is 1.11 bits per heavy atom. The van der Waals surface area contributed by atoms with Gasteiger partial charge in [0.1, 0.15) is 0 Å². The molecule has 0 bridgehead atoms. The van der Waals surface area contributed by atoms with Crippen LogP contribution in [0.3, 0.4) is 0 Å². The fraction of sp³-hybridized carbons (Fsp3) is 0.111. The summed E-state index contributed by atoms with van der Waals surface area (Å²) in [7, 11) is 0. The minimum Gasteiger partial charge on any atom is -0.103 e. The van der Waals surface area contributed by atoms with Gasteiger partial charge in [-0.25, -0.2) is 0 Å². The Bertz CT molecular complexity index is 76.2. The smallest absolute Gasteiger partial charge is 0.0175 e. The standard InChI is InChI=1S/C5H8.C4H6/c1-3-5-4-2;1-3-4-2/h3-4H,1-2,5H2;3-4H,1-2H2. The molecule has 0 aromatic carbocycles. The molecule has 0 fully saturated rings. The van der Waals surface area contributed by atoms with Gasteiger partial charge < -0.3 is 0 Å². The van der Waals surface area contributed by atoms with Crippen LogP contribution in [0.1, 0.15) is 6.42 Å². The number of hydrogen-bond donors (Lipinski definition) is 0. The van der Waals surface area contributed by atoms with E-state index in [-0.39, 0.29) is 0 Å². The van der Waals surface area contributed by atoms with Gasteiger partial charge in [-0.2, -0.15) is 0 Å². The van der Waals surface area contributed by atoms with Crippen molar-refractivity contribution in [1.82, 2.24) is 0 Å². The second-order valence-corrected chi connectivity index (χ2v) is 1.28. The van der Waals surface area contributed by atoms with Gasteiger partial charge in [0.15, 0.2) is 0 Å². The molecular formula is C9H14. The molecule has 0 saturated heterocycles. The van der Waals surface area contributed by atoms with E-state index in [4.69, 9.17) is 0 Å². The van der Waals surface area contributed by atoms with Crippen molar-refractivity contribution in [3.63, 3.8) is 0 Å². The van der Waals surface area contributed by atoms with Crippen molar-refractivity contribution in [2.75, 3.05) is 0 Å². The average molecular weight is 122 g/mol. The van der Waals surface area contributed by atoms with Gasteiger partial charge in [-0.3, -0.25) is 0 Å². The fourth-order valence-corrected chi connectivity index (χ4v) is 0.118. The molecule has 0 radical (unpaired) electrons. The molecule has 0 nitrogen and oxygen atoms in total. The third-order valence-corrected chi connectivity index (χ3v) is 0.500. The molecule has 0 saturated carbocycles. The predicted molar refractivity (Wildman–Crippen MR) is 45.4 cm³/mol. The number of allylic oxidation sites excluding steroid dienone is 4. The molecular weight excluding hydrogens is 108 g/mol. The van der Waals surface area contributed by atoms with Gasteiger partial charge in [-0.15, -0.1) is 13.2 Å². The lowest BCUT2D eigenvalue weighted by Crippen LogP contribution is -1.43. The minimum atomic E-state index is 0.917. The number of hydrogen-bond acceptors (Lipinski definition) is 0. The largest absolute Gasteiger partial charge is 0.103 e. The van der Waals surface area contributed by atoms with E-state index in [1.165, 1.54) is 0 Å². The van der Waals surface area contributed by atoms with Crippen molar-refractivity contribution >= 4 is 0 Å². The maximum Gasteiger partial charge on any atom is -0.0175 e. The summed E-state index contributed by atoms with van der Waals surface area (Å²) in [6.45, 7) is 13.7. The summed E-state index contributed by atoms with van der Waals surface area (Å²) in [5.41, 5.74) is 0. The van der Waals surface area contributed by atoms with Gasteiger partial charge in [0.05, 0.1) is 0 Å². The molecule has 0 aliphatic rings. The minimum absolute atomic E-state index is 0.917. The van der Waals surface area contributed by atoms with Gasteiger partial charge in [-0.05, 0) is 6.42 Å². The van der Waals surface area contributed by atoms with Crippen LogP contribution in [0, 0.1) is 0 Å². The van der Waals surface area contributed by atoms with Gasteiger partial charge in [-0.1, -0.05) is 37.5 Å². The fourth-order valence-electron chi connectivity index (χ4n) is 0.118. The second-order valence-electron chi connectivity index (χ2n) is 1.28. The summed E-state index contributed by atoms with van der Waals surface area (Å²) < 4.78 is 0. The first-order chi connectivity index (χ1) is 4.33. The summed E-state index contributed by atoms with van der Waals surface area (Å²) in [4.78, 5) is 0. The molecule has 0 aliphatic heterocycles. The first-order valence-electron chi connectivity index (χ1n) is 2.78. The first-order valence-corrected chi connectivity index (χ1v) is 2.78. The van der Waals surface area contributed by atoms with Crippen molar-refractivity contribution in [3.05, 3.63) is 50.6 Å². The summed E-state index contributed by atoms with van der Waals surface area (Å²) in [6, 6.07) is 0. The highest BCUT2D eigenvalue weighted by Gasteiger charge is 1.52. The average Bonchev–Trinajstić information content (AvgIpc) is 1.91. The molecule has 50 valence electrons. The molecule has 0 aliphatic carbocycles. The van der Waals surface area contributed by atoms with E-state index in [1.54, 1.807) is 12.2 Å². The van der Waals surface area contributed by atoms with Crippen molar-refractivity contribution in [3.8, 4) is 0 Å². The van der Waals surface area contributed by atoms with Crippen molar-refractivity contribution < 1.29 is 0 Å². The quantitative estimate of drug-likeness (QED) is 0.398. The topological polar surface area (TPSA) is 0 Å². The van der Waals surface area contributed by atoms with E-state index in [0.717, 1.165) is 6.42 Å². The van der Waals surface area contributed by atoms with E-state index in [0.29, 0.717) is 0 Å². The first kappa shape index (κ1) is 10.9. The molecule has 0 spiro atoms. The molecule has 0 heterocycles. The number of rotatable bonds is 3. The lowest BCUT2D eigenvalue weighted by atomic mass is 10.4. The molecule has 0 heteroatoms. The van der Waals surface area contributed by atoms with E-state index in [2.05, 4.69) is 26.3 Å². The maximum atomic E-state index is 3.48. The van der Waals surface area contributed by atoms with Crippen LogP contribution in [0.4, 0.5) is 0 Å². The zero-order valence-corrected chi connectivity index (χ0v) is 5.84. The van der Waals surface area contributed by atoms with Crippen LogP contribution in [0.5, 0.6) is 0 Å². The third-order valence-electron chi connectivity index (χ3n) is 0.500. The summed E-state index contributed by atoms with van der Waals surface area (Å²) in [5, 5.41) is 0. The highest BCUT2D eigenvalue weighted by atomic mass is 13.6.